The van der Waals surface area contributed by atoms with Crippen LogP contribution in [0.5, 0.6) is 0 Å². The molecule has 5 nitrogen and oxygen atoms in total. The first-order valence-electron chi connectivity index (χ1n) is 2.15. The Bertz CT molecular complexity index is 186. The van der Waals surface area contributed by atoms with Gasteiger partial charge in [-0.25, -0.2) is 14.6 Å². The van der Waals surface area contributed by atoms with Crippen LogP contribution in [0.4, 0.5) is 27.2 Å². The van der Waals surface area contributed by atoms with Gasteiger partial charge in [-0.3, -0.25) is 0 Å². The highest BCUT2D eigenvalue weighted by molar-refractivity contribution is 5.62. The lowest BCUT2D eigenvalue weighted by Gasteiger charge is -2.03. The molecule has 0 rings (SSSR count). The van der Waals surface area contributed by atoms with Crippen molar-refractivity contribution >= 4 is 12.4 Å². The Balaban J connectivity index is 3.68. The van der Waals surface area contributed by atoms with E-state index in [1.165, 1.54) is 0 Å². The molecular formula is C3F4O5. The maximum atomic E-state index is 11.1. The summed E-state index contributed by atoms with van der Waals surface area (Å²) < 4.78 is 46.7. The van der Waals surface area contributed by atoms with Gasteiger partial charge in [0, 0.05) is 0 Å². The Kier molecular flexibility index (Phi) is 3.26. The molecule has 0 heterocycles. The molecular weight excluding hydrogens is 192 g/mol. The summed E-state index contributed by atoms with van der Waals surface area (Å²) in [4.78, 5) is 24.6. The lowest BCUT2D eigenvalue weighted by Crippen LogP contribution is -2.20. The van der Waals surface area contributed by atoms with Gasteiger partial charge in [0.25, 0.3) is 0 Å². The van der Waals surface area contributed by atoms with Gasteiger partial charge in [-0.1, -0.05) is 0 Å². The normalized spacial score (nSPS) is 10.3. The van der Waals surface area contributed by atoms with Gasteiger partial charge in [0.15, 0.2) is 0 Å². The van der Waals surface area contributed by atoms with Crippen molar-refractivity contribution in [2.45, 2.75) is 6.36 Å². The second-order valence-electron chi connectivity index (χ2n) is 1.20. The fourth-order valence-corrected chi connectivity index (χ4v) is 0.178. The van der Waals surface area contributed by atoms with Crippen LogP contribution in [0.2, 0.25) is 0 Å². The second kappa shape index (κ2) is 3.74. The molecule has 70 valence electrons. The molecule has 0 amide bonds. The van der Waals surface area contributed by atoms with Crippen LogP contribution in [0, 0.1) is 0 Å². The van der Waals surface area contributed by atoms with Gasteiger partial charge < -0.3 is 4.74 Å². The van der Waals surface area contributed by atoms with E-state index in [9.17, 15) is 27.2 Å². The minimum atomic E-state index is -5.28. The first kappa shape index (κ1) is 10.5. The molecule has 0 radical (unpaired) electrons. The van der Waals surface area contributed by atoms with Crippen LogP contribution in [-0.4, -0.2) is 18.7 Å². The van der Waals surface area contributed by atoms with E-state index in [0.29, 0.717) is 0 Å². The maximum absolute atomic E-state index is 11.1. The smallest absolute Gasteiger partial charge is 0.337 e. The van der Waals surface area contributed by atoms with E-state index >= 15 is 0 Å². The largest absolute Gasteiger partial charge is 0.577 e. The molecule has 0 aromatic heterocycles. The number of hydrogen-bond donors (Lipinski definition) is 0. The predicted octanol–water partition coefficient (Wildman–Crippen LogP) is 1.68. The van der Waals surface area contributed by atoms with Crippen LogP contribution < -0.4 is 0 Å². The molecule has 0 aromatic rings. The first-order chi connectivity index (χ1) is 5.31. The van der Waals surface area contributed by atoms with E-state index in [0.717, 1.165) is 0 Å². The molecule has 0 saturated carbocycles. The van der Waals surface area contributed by atoms with Gasteiger partial charge in [-0.05, 0) is 0 Å². The van der Waals surface area contributed by atoms with Gasteiger partial charge in [0.05, 0.1) is 0 Å². The Morgan fingerprint density at radius 2 is 1.58 bits per heavy atom. The van der Waals surface area contributed by atoms with Crippen molar-refractivity contribution in [2.24, 2.45) is 0 Å². The molecule has 0 N–H and O–H groups in total. The summed E-state index contributed by atoms with van der Waals surface area (Å²) in [7, 11) is 0. The fraction of sp³-hybridized carbons (Fsp3) is 0.333. The highest BCUT2D eigenvalue weighted by Crippen LogP contribution is 2.16. The minimum absolute atomic E-state index is 2.39. The van der Waals surface area contributed by atoms with Crippen molar-refractivity contribution in [3.8, 4) is 0 Å². The molecule has 9 heteroatoms. The van der Waals surface area contributed by atoms with Crippen molar-refractivity contribution in [2.75, 3.05) is 0 Å². The fourth-order valence-electron chi connectivity index (χ4n) is 0.178. The quantitative estimate of drug-likeness (QED) is 0.192. The molecule has 0 fully saturated rings. The van der Waals surface area contributed by atoms with Gasteiger partial charge in [0.1, 0.15) is 0 Å². The standard InChI is InChI=1S/C3F4O5/c4-1(8)11-12-2(9)10-3(5,6)7. The molecule has 0 aliphatic heterocycles. The van der Waals surface area contributed by atoms with E-state index in [2.05, 4.69) is 14.5 Å². The van der Waals surface area contributed by atoms with Crippen LogP contribution >= 0.6 is 0 Å². The van der Waals surface area contributed by atoms with Crippen LogP contribution in [-0.2, 0) is 14.5 Å². The van der Waals surface area contributed by atoms with E-state index in [1.54, 1.807) is 0 Å². The molecule has 0 aromatic carbocycles. The number of carbonyl (C=O) groups excluding carboxylic acids is 2. The Hall–Kier alpha value is -1.54. The third kappa shape index (κ3) is 6.58. The van der Waals surface area contributed by atoms with Gasteiger partial charge in [-0.15, -0.1) is 17.6 Å². The SMILES string of the molecule is O=C(F)OOC(=O)OC(F)(F)F. The lowest BCUT2D eigenvalue weighted by molar-refractivity contribution is -0.320. The molecule has 0 bridgehead atoms. The summed E-state index contributed by atoms with van der Waals surface area (Å²) in [5, 5.41) is 0. The van der Waals surface area contributed by atoms with Gasteiger partial charge >= 0.3 is 18.7 Å². The van der Waals surface area contributed by atoms with E-state index in [-0.39, 0.29) is 0 Å². The number of rotatable bonds is 0. The first-order valence-corrected chi connectivity index (χ1v) is 2.15. The third-order valence-corrected chi connectivity index (χ3v) is 0.374. The maximum Gasteiger partial charge on any atom is 0.577 e. The molecule has 0 aliphatic rings. The number of alkyl halides is 3. The van der Waals surface area contributed by atoms with Crippen molar-refractivity contribution < 1.29 is 41.7 Å². The summed E-state index contributed by atoms with van der Waals surface area (Å²) in [6, 6.07) is 0. The van der Waals surface area contributed by atoms with Gasteiger partial charge in [0.2, 0.25) is 0 Å². The van der Waals surface area contributed by atoms with E-state index < -0.39 is 18.7 Å². The Morgan fingerprint density at radius 1 is 1.08 bits per heavy atom. The van der Waals surface area contributed by atoms with Crippen molar-refractivity contribution in [3.05, 3.63) is 0 Å². The lowest BCUT2D eigenvalue weighted by atomic mass is 11.2. The highest BCUT2D eigenvalue weighted by atomic mass is 19.4. The van der Waals surface area contributed by atoms with E-state index in [1.807, 2.05) is 0 Å². The molecule has 0 spiro atoms. The minimum Gasteiger partial charge on any atom is -0.337 e. The average Bonchev–Trinajstić information content (AvgIpc) is 1.79. The van der Waals surface area contributed by atoms with Crippen LogP contribution in [0.15, 0.2) is 0 Å². The van der Waals surface area contributed by atoms with Crippen LogP contribution in [0.25, 0.3) is 0 Å². The molecule has 0 unspecified atom stereocenters. The summed E-state index contributed by atoms with van der Waals surface area (Å²) in [5.41, 5.74) is 0. The molecule has 0 saturated heterocycles. The number of carbonyl (C=O) groups is 2. The second-order valence-corrected chi connectivity index (χ2v) is 1.20. The Morgan fingerprint density at radius 3 is 1.92 bits per heavy atom. The number of ether oxygens (including phenoxy) is 1. The highest BCUT2D eigenvalue weighted by Gasteiger charge is 2.35. The zero-order valence-electron chi connectivity index (χ0n) is 5.05. The topological polar surface area (TPSA) is 61.8 Å². The third-order valence-electron chi connectivity index (χ3n) is 0.374. The molecule has 12 heavy (non-hydrogen) atoms. The molecule has 0 atom stereocenters. The summed E-state index contributed by atoms with van der Waals surface area (Å²) in [6.45, 7) is 0. The van der Waals surface area contributed by atoms with Gasteiger partial charge in [-0.2, -0.15) is 4.79 Å². The zero-order valence-corrected chi connectivity index (χ0v) is 5.05. The van der Waals surface area contributed by atoms with Crippen LogP contribution in [0.1, 0.15) is 0 Å². The predicted molar refractivity (Wildman–Crippen MR) is 21.2 cm³/mol. The summed E-state index contributed by atoms with van der Waals surface area (Å²) >= 11 is 0. The average molecular weight is 192 g/mol. The number of hydrogen-bond acceptors (Lipinski definition) is 5. The monoisotopic (exact) mass is 192 g/mol. The number of halogens is 4. The van der Waals surface area contributed by atoms with Crippen molar-refractivity contribution in [3.63, 3.8) is 0 Å². The summed E-state index contributed by atoms with van der Waals surface area (Å²) in [5.74, 6) is 0. The van der Waals surface area contributed by atoms with Crippen LogP contribution in [0.3, 0.4) is 0 Å². The summed E-state index contributed by atoms with van der Waals surface area (Å²) in [6.07, 6.45) is -10.2. The molecule has 0 aliphatic carbocycles. The van der Waals surface area contributed by atoms with Crippen molar-refractivity contribution in [1.29, 1.82) is 0 Å². The van der Waals surface area contributed by atoms with Crippen molar-refractivity contribution in [1.82, 2.24) is 0 Å². The zero-order chi connectivity index (χ0) is 9.78. The van der Waals surface area contributed by atoms with E-state index in [4.69, 9.17) is 0 Å². The Labute approximate surface area is 61.7 Å².